The smallest absolute Gasteiger partial charge is 0.226 e. The minimum atomic E-state index is 0.0322. The first kappa shape index (κ1) is 15.0. The van der Waals surface area contributed by atoms with E-state index in [1.807, 2.05) is 17.5 Å². The van der Waals surface area contributed by atoms with Crippen molar-refractivity contribution >= 4 is 40.2 Å². The molecule has 21 heavy (non-hydrogen) atoms. The number of carbonyl (C=O) groups excluding carboxylic acids is 1. The summed E-state index contributed by atoms with van der Waals surface area (Å²) in [6.07, 6.45) is 2.67. The van der Waals surface area contributed by atoms with Crippen molar-refractivity contribution in [3.63, 3.8) is 0 Å². The molecule has 7 heteroatoms. The van der Waals surface area contributed by atoms with Crippen LogP contribution in [-0.2, 0) is 11.2 Å². The SMILES string of the molecule is O=C(Cc1csc(-c2ccc(Cl)s2)n1)NCC1CCCN1. The maximum atomic E-state index is 11.9. The second-order valence-electron chi connectivity index (χ2n) is 5.02. The normalized spacial score (nSPS) is 18.0. The lowest BCUT2D eigenvalue weighted by Crippen LogP contribution is -2.37. The second-order valence-corrected chi connectivity index (χ2v) is 7.60. The zero-order valence-corrected chi connectivity index (χ0v) is 13.8. The summed E-state index contributed by atoms with van der Waals surface area (Å²) >= 11 is 8.98. The van der Waals surface area contributed by atoms with E-state index in [-0.39, 0.29) is 5.91 Å². The van der Waals surface area contributed by atoms with Crippen LogP contribution >= 0.6 is 34.3 Å². The molecule has 1 fully saturated rings. The van der Waals surface area contributed by atoms with Gasteiger partial charge in [-0.3, -0.25) is 4.79 Å². The number of rotatable bonds is 5. The van der Waals surface area contributed by atoms with E-state index in [0.29, 0.717) is 19.0 Å². The molecule has 1 saturated heterocycles. The molecule has 2 aromatic rings. The van der Waals surface area contributed by atoms with Crippen LogP contribution in [0.25, 0.3) is 9.88 Å². The molecule has 0 aliphatic carbocycles. The Bertz CT molecular complexity index is 619. The van der Waals surface area contributed by atoms with Crippen LogP contribution < -0.4 is 10.6 Å². The van der Waals surface area contributed by atoms with Crippen LogP contribution in [0.2, 0.25) is 4.34 Å². The average Bonchev–Trinajstić information content (AvgIpc) is 3.17. The number of aromatic nitrogens is 1. The molecule has 0 radical (unpaired) electrons. The molecule has 2 N–H and O–H groups in total. The highest BCUT2D eigenvalue weighted by Gasteiger charge is 2.15. The standard InChI is InChI=1S/C14H16ClN3OS2/c15-12-4-3-11(21-12)14-18-10(8-20-14)6-13(19)17-7-9-2-1-5-16-9/h3-4,8-9,16H,1-2,5-7H2,(H,17,19). The Morgan fingerprint density at radius 2 is 2.43 bits per heavy atom. The van der Waals surface area contributed by atoms with Crippen molar-refractivity contribution in [1.29, 1.82) is 0 Å². The fraction of sp³-hybridized carbons (Fsp3) is 0.429. The summed E-state index contributed by atoms with van der Waals surface area (Å²) in [6.45, 7) is 1.76. The lowest BCUT2D eigenvalue weighted by atomic mass is 10.2. The van der Waals surface area contributed by atoms with Crippen molar-refractivity contribution < 1.29 is 4.79 Å². The van der Waals surface area contributed by atoms with Gasteiger partial charge in [0, 0.05) is 18.0 Å². The Balaban J connectivity index is 1.53. The van der Waals surface area contributed by atoms with Crippen molar-refractivity contribution in [1.82, 2.24) is 15.6 Å². The fourth-order valence-corrected chi connectivity index (χ4v) is 4.26. The largest absolute Gasteiger partial charge is 0.354 e. The molecule has 3 rings (SSSR count). The molecule has 1 aliphatic rings. The predicted octanol–water partition coefficient (Wildman–Crippen LogP) is 2.94. The molecule has 0 saturated carbocycles. The quantitative estimate of drug-likeness (QED) is 0.879. The van der Waals surface area contributed by atoms with E-state index in [1.54, 1.807) is 11.3 Å². The molecule has 1 unspecified atom stereocenters. The van der Waals surface area contributed by atoms with Crippen LogP contribution in [-0.4, -0.2) is 30.0 Å². The van der Waals surface area contributed by atoms with Crippen LogP contribution in [0, 0.1) is 0 Å². The Morgan fingerprint density at radius 1 is 1.52 bits per heavy atom. The minimum absolute atomic E-state index is 0.0322. The summed E-state index contributed by atoms with van der Waals surface area (Å²) in [5.41, 5.74) is 0.816. The summed E-state index contributed by atoms with van der Waals surface area (Å²) in [7, 11) is 0. The highest BCUT2D eigenvalue weighted by atomic mass is 35.5. The highest BCUT2D eigenvalue weighted by molar-refractivity contribution is 7.23. The third-order valence-electron chi connectivity index (χ3n) is 3.39. The third-order valence-corrected chi connectivity index (χ3v) is 5.68. The van der Waals surface area contributed by atoms with Crippen molar-refractivity contribution in [2.45, 2.75) is 25.3 Å². The van der Waals surface area contributed by atoms with Crippen LogP contribution in [0.1, 0.15) is 18.5 Å². The van der Waals surface area contributed by atoms with E-state index < -0.39 is 0 Å². The number of nitrogens with zero attached hydrogens (tertiary/aromatic N) is 1. The Morgan fingerprint density at radius 3 is 3.14 bits per heavy atom. The van der Waals surface area contributed by atoms with Gasteiger partial charge in [-0.05, 0) is 31.5 Å². The molecular formula is C14H16ClN3OS2. The first-order valence-corrected chi connectivity index (χ1v) is 8.98. The van der Waals surface area contributed by atoms with E-state index in [4.69, 9.17) is 11.6 Å². The Hall–Kier alpha value is -0.950. The molecular weight excluding hydrogens is 326 g/mol. The maximum Gasteiger partial charge on any atom is 0.226 e. The molecule has 3 heterocycles. The molecule has 0 bridgehead atoms. The Kier molecular flexibility index (Phi) is 4.90. The van der Waals surface area contributed by atoms with Gasteiger partial charge in [0.2, 0.25) is 5.91 Å². The lowest BCUT2D eigenvalue weighted by Gasteiger charge is -2.10. The van der Waals surface area contributed by atoms with Gasteiger partial charge >= 0.3 is 0 Å². The van der Waals surface area contributed by atoms with Crippen molar-refractivity contribution in [3.8, 4) is 9.88 Å². The molecule has 0 aromatic carbocycles. The Labute approximate surface area is 136 Å². The highest BCUT2D eigenvalue weighted by Crippen LogP contribution is 2.32. The number of amides is 1. The van der Waals surface area contributed by atoms with Gasteiger partial charge in [-0.25, -0.2) is 4.98 Å². The van der Waals surface area contributed by atoms with E-state index >= 15 is 0 Å². The zero-order chi connectivity index (χ0) is 14.7. The molecule has 112 valence electrons. The van der Waals surface area contributed by atoms with Crippen molar-refractivity contribution in [3.05, 3.63) is 27.5 Å². The monoisotopic (exact) mass is 341 g/mol. The van der Waals surface area contributed by atoms with Gasteiger partial charge in [0.25, 0.3) is 0 Å². The number of thiophene rings is 1. The number of nitrogens with one attached hydrogen (secondary N) is 2. The number of hydrogen-bond donors (Lipinski definition) is 2. The van der Waals surface area contributed by atoms with Crippen LogP contribution in [0.4, 0.5) is 0 Å². The van der Waals surface area contributed by atoms with E-state index in [1.165, 1.54) is 17.8 Å². The van der Waals surface area contributed by atoms with E-state index in [9.17, 15) is 4.79 Å². The van der Waals surface area contributed by atoms with E-state index in [2.05, 4.69) is 15.6 Å². The van der Waals surface area contributed by atoms with Crippen molar-refractivity contribution in [2.75, 3.05) is 13.1 Å². The summed E-state index contributed by atoms with van der Waals surface area (Å²) in [5, 5.41) is 9.20. The zero-order valence-electron chi connectivity index (χ0n) is 11.4. The van der Waals surface area contributed by atoms with Gasteiger partial charge in [-0.1, -0.05) is 11.6 Å². The number of carbonyl (C=O) groups is 1. The molecule has 4 nitrogen and oxygen atoms in total. The van der Waals surface area contributed by atoms with Gasteiger partial charge in [0.1, 0.15) is 5.01 Å². The molecule has 1 amide bonds. The van der Waals surface area contributed by atoms with Gasteiger partial charge in [-0.15, -0.1) is 22.7 Å². The molecule has 1 aliphatic heterocycles. The first-order chi connectivity index (χ1) is 10.2. The summed E-state index contributed by atoms with van der Waals surface area (Å²) in [6, 6.07) is 4.25. The van der Waals surface area contributed by atoms with Gasteiger partial charge in [-0.2, -0.15) is 0 Å². The summed E-state index contributed by atoms with van der Waals surface area (Å²) < 4.78 is 0.753. The van der Waals surface area contributed by atoms with Crippen LogP contribution in [0.15, 0.2) is 17.5 Å². The first-order valence-electron chi connectivity index (χ1n) is 6.91. The van der Waals surface area contributed by atoms with Gasteiger partial charge < -0.3 is 10.6 Å². The summed E-state index contributed by atoms with van der Waals surface area (Å²) in [4.78, 5) is 17.5. The second kappa shape index (κ2) is 6.87. The maximum absolute atomic E-state index is 11.9. The third kappa shape index (κ3) is 4.03. The molecule has 1 atom stereocenters. The minimum Gasteiger partial charge on any atom is -0.354 e. The van der Waals surface area contributed by atoms with Crippen LogP contribution in [0.5, 0.6) is 0 Å². The molecule has 0 spiro atoms. The molecule has 2 aromatic heterocycles. The van der Waals surface area contributed by atoms with Gasteiger partial charge in [0.15, 0.2) is 0 Å². The number of hydrogen-bond acceptors (Lipinski definition) is 5. The summed E-state index contributed by atoms with van der Waals surface area (Å²) in [5.74, 6) is 0.0322. The number of thiazole rings is 1. The number of halogens is 1. The predicted molar refractivity (Wildman–Crippen MR) is 88.2 cm³/mol. The topological polar surface area (TPSA) is 54.0 Å². The van der Waals surface area contributed by atoms with E-state index in [0.717, 1.165) is 32.9 Å². The van der Waals surface area contributed by atoms with Crippen molar-refractivity contribution in [2.24, 2.45) is 0 Å². The average molecular weight is 342 g/mol. The lowest BCUT2D eigenvalue weighted by molar-refractivity contribution is -0.120. The van der Waals surface area contributed by atoms with Crippen LogP contribution in [0.3, 0.4) is 0 Å². The van der Waals surface area contributed by atoms with Gasteiger partial charge in [0.05, 0.1) is 21.3 Å². The fourth-order valence-electron chi connectivity index (χ4n) is 2.33.